The first kappa shape index (κ1) is 11.8. The average Bonchev–Trinajstić information content (AvgIpc) is 2.06. The molecule has 1 heterocycles. The first-order chi connectivity index (χ1) is 6.73. The van der Waals surface area contributed by atoms with Crippen molar-refractivity contribution in [3.05, 3.63) is 21.8 Å². The first-order valence-corrected chi connectivity index (χ1v) is 4.35. The van der Waals surface area contributed by atoms with Crippen LogP contribution in [0.3, 0.4) is 0 Å². The Morgan fingerprint density at radius 3 is 2.40 bits per heavy atom. The maximum atomic E-state index is 12.3. The van der Waals surface area contributed by atoms with Crippen LogP contribution in [0, 0.1) is 0 Å². The van der Waals surface area contributed by atoms with Gasteiger partial charge in [-0.25, -0.2) is 4.98 Å². The molecule has 82 valence electrons. The van der Waals surface area contributed by atoms with Gasteiger partial charge in [0.05, 0.1) is 5.56 Å². The van der Waals surface area contributed by atoms with Crippen LogP contribution in [-0.2, 0) is 6.18 Å². The predicted octanol–water partition coefficient (Wildman–Crippen LogP) is 1.54. The van der Waals surface area contributed by atoms with E-state index in [0.717, 1.165) is 6.07 Å². The number of pyridine rings is 1. The second-order valence-electron chi connectivity index (χ2n) is 2.61. The molecule has 0 saturated heterocycles. The minimum absolute atomic E-state index is 0.255. The first-order valence-electron chi connectivity index (χ1n) is 3.56. The van der Waals surface area contributed by atoms with Crippen molar-refractivity contribution in [1.29, 1.82) is 0 Å². The fourth-order valence-corrected chi connectivity index (χ4v) is 1.44. The van der Waals surface area contributed by atoms with Crippen molar-refractivity contribution in [2.45, 2.75) is 6.18 Å². The highest BCUT2D eigenvalue weighted by atomic mass is 79.9. The van der Waals surface area contributed by atoms with E-state index >= 15 is 0 Å². The smallest absolute Gasteiger partial charge is 0.383 e. The molecule has 1 rings (SSSR count). The van der Waals surface area contributed by atoms with Crippen molar-refractivity contribution < 1.29 is 18.0 Å². The Labute approximate surface area is 90.6 Å². The van der Waals surface area contributed by atoms with Gasteiger partial charge in [-0.2, -0.15) is 13.2 Å². The quantitative estimate of drug-likeness (QED) is 0.820. The third-order valence-corrected chi connectivity index (χ3v) is 2.14. The Balaban J connectivity index is 3.39. The number of hydrogen-bond acceptors (Lipinski definition) is 3. The van der Waals surface area contributed by atoms with Gasteiger partial charge in [0.15, 0.2) is 5.69 Å². The highest BCUT2D eigenvalue weighted by molar-refractivity contribution is 9.10. The van der Waals surface area contributed by atoms with Gasteiger partial charge in [0.25, 0.3) is 5.91 Å². The summed E-state index contributed by atoms with van der Waals surface area (Å²) in [5.74, 6) is -1.48. The van der Waals surface area contributed by atoms with Crippen LogP contribution in [0.25, 0.3) is 0 Å². The number of aromatic nitrogens is 1. The van der Waals surface area contributed by atoms with Crippen LogP contribution in [0.15, 0.2) is 10.5 Å². The van der Waals surface area contributed by atoms with Crippen molar-refractivity contribution in [2.24, 2.45) is 5.73 Å². The number of nitrogen functional groups attached to an aromatic ring is 1. The molecule has 0 radical (unpaired) electrons. The van der Waals surface area contributed by atoms with Crippen LogP contribution >= 0.6 is 15.9 Å². The molecule has 1 aromatic rings. The maximum absolute atomic E-state index is 12.3. The topological polar surface area (TPSA) is 82.0 Å². The third-order valence-electron chi connectivity index (χ3n) is 1.54. The molecular weight excluding hydrogens is 279 g/mol. The lowest BCUT2D eigenvalue weighted by atomic mass is 10.2. The molecule has 0 unspecified atom stereocenters. The molecule has 15 heavy (non-hydrogen) atoms. The molecule has 0 aliphatic heterocycles. The monoisotopic (exact) mass is 283 g/mol. The van der Waals surface area contributed by atoms with E-state index in [1.165, 1.54) is 0 Å². The van der Waals surface area contributed by atoms with Crippen LogP contribution in [0.4, 0.5) is 19.0 Å². The molecule has 0 spiro atoms. The number of rotatable bonds is 1. The average molecular weight is 284 g/mol. The number of carbonyl (C=O) groups is 1. The fraction of sp³-hybridized carbons (Fsp3) is 0.143. The molecular formula is C7H5BrF3N3O. The number of carbonyl (C=O) groups excluding carboxylic acids is 1. The molecule has 0 aliphatic carbocycles. The summed E-state index contributed by atoms with van der Waals surface area (Å²) in [5.41, 5.74) is 8.59. The number of halogens is 4. The van der Waals surface area contributed by atoms with E-state index in [1.807, 2.05) is 0 Å². The second-order valence-corrected chi connectivity index (χ2v) is 3.47. The number of nitrogens with zero attached hydrogens (tertiary/aromatic N) is 1. The van der Waals surface area contributed by atoms with Gasteiger partial charge in [-0.05, 0) is 22.0 Å². The van der Waals surface area contributed by atoms with Crippen LogP contribution < -0.4 is 11.5 Å². The zero-order valence-corrected chi connectivity index (χ0v) is 8.69. The lowest BCUT2D eigenvalue weighted by molar-refractivity contribution is -0.141. The number of hydrogen-bond donors (Lipinski definition) is 2. The van der Waals surface area contributed by atoms with Crippen LogP contribution in [0.1, 0.15) is 16.1 Å². The molecule has 0 aromatic carbocycles. The maximum Gasteiger partial charge on any atom is 0.434 e. The van der Waals surface area contributed by atoms with Gasteiger partial charge >= 0.3 is 6.18 Å². The molecule has 0 atom stereocenters. The van der Waals surface area contributed by atoms with E-state index in [4.69, 9.17) is 11.5 Å². The fourth-order valence-electron chi connectivity index (χ4n) is 0.899. The molecule has 0 aliphatic rings. The highest BCUT2D eigenvalue weighted by Crippen LogP contribution is 2.34. The lowest BCUT2D eigenvalue weighted by Crippen LogP contribution is -2.18. The van der Waals surface area contributed by atoms with E-state index < -0.39 is 23.6 Å². The summed E-state index contributed by atoms with van der Waals surface area (Å²) in [5, 5.41) is 0. The van der Waals surface area contributed by atoms with Crippen LogP contribution in [0.2, 0.25) is 0 Å². The number of amides is 1. The third kappa shape index (κ3) is 2.38. The van der Waals surface area contributed by atoms with Crippen LogP contribution in [0.5, 0.6) is 0 Å². The molecule has 1 amide bonds. The summed E-state index contributed by atoms with van der Waals surface area (Å²) in [6.07, 6.45) is -4.64. The Bertz CT molecular complexity index is 419. The highest BCUT2D eigenvalue weighted by Gasteiger charge is 2.36. The molecule has 8 heteroatoms. The molecule has 1 aromatic heterocycles. The standard InChI is InChI=1S/C7H5BrF3N3O/c8-3-1-2(6(13)15)5(12)14-4(3)7(9,10)11/h1H,(H2,12,14)(H2,13,15). The molecule has 4 N–H and O–H groups in total. The summed E-state index contributed by atoms with van der Waals surface area (Å²) < 4.78 is 36.5. The number of primary amides is 1. The van der Waals surface area contributed by atoms with Crippen molar-refractivity contribution in [3.63, 3.8) is 0 Å². The number of alkyl halides is 3. The molecule has 0 bridgehead atoms. The lowest BCUT2D eigenvalue weighted by Gasteiger charge is -2.10. The molecule has 0 fully saturated rings. The van der Waals surface area contributed by atoms with E-state index in [-0.39, 0.29) is 10.0 Å². The summed E-state index contributed by atoms with van der Waals surface area (Å²) in [6, 6.07) is 0.896. The van der Waals surface area contributed by atoms with Gasteiger partial charge in [0.1, 0.15) is 5.82 Å². The second kappa shape index (κ2) is 3.69. The zero-order valence-electron chi connectivity index (χ0n) is 7.10. The van der Waals surface area contributed by atoms with Crippen molar-refractivity contribution >= 4 is 27.7 Å². The van der Waals surface area contributed by atoms with Gasteiger partial charge < -0.3 is 11.5 Å². The van der Waals surface area contributed by atoms with E-state index in [9.17, 15) is 18.0 Å². The van der Waals surface area contributed by atoms with Gasteiger partial charge in [0.2, 0.25) is 0 Å². The molecule has 0 saturated carbocycles. The Kier molecular flexibility index (Phi) is 2.89. The predicted molar refractivity (Wildman–Crippen MR) is 49.9 cm³/mol. The minimum Gasteiger partial charge on any atom is -0.383 e. The van der Waals surface area contributed by atoms with E-state index in [0.29, 0.717) is 0 Å². The van der Waals surface area contributed by atoms with Crippen LogP contribution in [-0.4, -0.2) is 10.9 Å². The van der Waals surface area contributed by atoms with Crippen molar-refractivity contribution in [2.75, 3.05) is 5.73 Å². The molecule has 4 nitrogen and oxygen atoms in total. The Morgan fingerprint density at radius 1 is 1.47 bits per heavy atom. The SMILES string of the molecule is NC(=O)c1cc(Br)c(C(F)(F)F)nc1N. The normalized spacial score (nSPS) is 11.5. The summed E-state index contributed by atoms with van der Waals surface area (Å²) in [4.78, 5) is 13.8. The van der Waals surface area contributed by atoms with Crippen molar-refractivity contribution in [3.8, 4) is 0 Å². The number of anilines is 1. The van der Waals surface area contributed by atoms with E-state index in [2.05, 4.69) is 20.9 Å². The summed E-state index contributed by atoms with van der Waals surface area (Å²) in [7, 11) is 0. The Morgan fingerprint density at radius 2 is 2.00 bits per heavy atom. The van der Waals surface area contributed by atoms with Gasteiger partial charge in [0, 0.05) is 4.47 Å². The zero-order chi connectivity index (χ0) is 11.8. The minimum atomic E-state index is -4.64. The van der Waals surface area contributed by atoms with Gasteiger partial charge in [-0.1, -0.05) is 0 Å². The van der Waals surface area contributed by atoms with E-state index in [1.54, 1.807) is 0 Å². The summed E-state index contributed by atoms with van der Waals surface area (Å²) >= 11 is 2.64. The largest absolute Gasteiger partial charge is 0.434 e. The Hall–Kier alpha value is -1.31. The van der Waals surface area contributed by atoms with Gasteiger partial charge in [-0.3, -0.25) is 4.79 Å². The number of nitrogens with two attached hydrogens (primary N) is 2. The van der Waals surface area contributed by atoms with Gasteiger partial charge in [-0.15, -0.1) is 0 Å². The summed E-state index contributed by atoms with van der Waals surface area (Å²) in [6.45, 7) is 0. The van der Waals surface area contributed by atoms with Crippen molar-refractivity contribution in [1.82, 2.24) is 4.98 Å².